The monoisotopic (exact) mass is 274 g/mol. The molecule has 0 bridgehead atoms. The van der Waals surface area contributed by atoms with E-state index in [1.165, 1.54) is 9.77 Å². The predicted octanol–water partition coefficient (Wildman–Crippen LogP) is 4.36. The van der Waals surface area contributed by atoms with Crippen molar-refractivity contribution in [3.8, 4) is 0 Å². The standard InChI is InChI=1S/C15H14OS2/c1-11(16)15(18-12-6-3-2-4-7-12)10-13(15)14-8-5-9-17-14/h2-9,13H,10H2,1H3/t13-,15+/m1/s1. The molecule has 1 aliphatic carbocycles. The molecule has 3 heteroatoms. The highest BCUT2D eigenvalue weighted by Gasteiger charge is 2.59. The molecule has 1 heterocycles. The van der Waals surface area contributed by atoms with Crippen LogP contribution in [0.15, 0.2) is 52.7 Å². The predicted molar refractivity (Wildman–Crippen MR) is 77.4 cm³/mol. The third kappa shape index (κ3) is 2.02. The highest BCUT2D eigenvalue weighted by atomic mass is 32.2. The Morgan fingerprint density at radius 1 is 1.28 bits per heavy atom. The van der Waals surface area contributed by atoms with Crippen LogP contribution in [0.2, 0.25) is 0 Å². The number of thioether (sulfide) groups is 1. The third-order valence-electron chi connectivity index (χ3n) is 3.44. The van der Waals surface area contributed by atoms with Gasteiger partial charge in [-0.1, -0.05) is 24.3 Å². The minimum absolute atomic E-state index is 0.216. The Morgan fingerprint density at radius 2 is 2.06 bits per heavy atom. The van der Waals surface area contributed by atoms with E-state index in [4.69, 9.17) is 0 Å². The van der Waals surface area contributed by atoms with Gasteiger partial charge in [0.15, 0.2) is 0 Å². The summed E-state index contributed by atoms with van der Waals surface area (Å²) < 4.78 is -0.216. The van der Waals surface area contributed by atoms with E-state index in [0.717, 1.165) is 6.42 Å². The van der Waals surface area contributed by atoms with Gasteiger partial charge in [-0.2, -0.15) is 0 Å². The highest BCUT2D eigenvalue weighted by molar-refractivity contribution is 8.01. The molecule has 3 rings (SSSR count). The topological polar surface area (TPSA) is 17.1 Å². The molecule has 0 saturated heterocycles. The molecule has 1 saturated carbocycles. The van der Waals surface area contributed by atoms with E-state index in [9.17, 15) is 4.79 Å². The maximum atomic E-state index is 12.0. The van der Waals surface area contributed by atoms with Crippen LogP contribution in [0.3, 0.4) is 0 Å². The lowest BCUT2D eigenvalue weighted by atomic mass is 10.2. The van der Waals surface area contributed by atoms with E-state index in [1.807, 2.05) is 18.2 Å². The molecule has 1 fully saturated rings. The fourth-order valence-corrected chi connectivity index (χ4v) is 4.71. The molecule has 0 unspecified atom stereocenters. The number of Topliss-reactive ketones (excluding diaryl/α,β-unsaturated/α-hetero) is 1. The summed E-state index contributed by atoms with van der Waals surface area (Å²) in [4.78, 5) is 14.5. The number of benzene rings is 1. The van der Waals surface area contributed by atoms with Crippen LogP contribution in [0, 0.1) is 0 Å². The van der Waals surface area contributed by atoms with Crippen LogP contribution in [-0.4, -0.2) is 10.5 Å². The summed E-state index contributed by atoms with van der Waals surface area (Å²) in [5, 5.41) is 2.09. The van der Waals surface area contributed by atoms with Crippen molar-refractivity contribution in [2.24, 2.45) is 0 Å². The molecule has 1 nitrogen and oxygen atoms in total. The smallest absolute Gasteiger partial charge is 0.146 e. The van der Waals surface area contributed by atoms with Crippen LogP contribution in [0.25, 0.3) is 0 Å². The number of carbonyl (C=O) groups is 1. The Bertz CT molecular complexity index is 547. The molecular formula is C15H14OS2. The first kappa shape index (κ1) is 12.0. The molecule has 1 aromatic carbocycles. The fourth-order valence-electron chi connectivity index (χ4n) is 2.34. The van der Waals surface area contributed by atoms with Gasteiger partial charge >= 0.3 is 0 Å². The zero-order chi connectivity index (χ0) is 12.6. The van der Waals surface area contributed by atoms with Gasteiger partial charge in [0.25, 0.3) is 0 Å². The van der Waals surface area contributed by atoms with Crippen LogP contribution in [-0.2, 0) is 4.79 Å². The zero-order valence-corrected chi connectivity index (χ0v) is 11.8. The molecule has 18 heavy (non-hydrogen) atoms. The normalized spacial score (nSPS) is 25.9. The molecule has 0 amide bonds. The van der Waals surface area contributed by atoms with Crippen molar-refractivity contribution in [2.45, 2.75) is 28.9 Å². The lowest BCUT2D eigenvalue weighted by Crippen LogP contribution is -2.17. The summed E-state index contributed by atoms with van der Waals surface area (Å²) >= 11 is 3.49. The summed E-state index contributed by atoms with van der Waals surface area (Å²) in [7, 11) is 0. The second-order valence-corrected chi connectivity index (χ2v) is 7.02. The number of hydrogen-bond donors (Lipinski definition) is 0. The molecule has 0 N–H and O–H groups in total. The quantitative estimate of drug-likeness (QED) is 0.824. The van der Waals surface area contributed by atoms with Gasteiger partial charge in [-0.3, -0.25) is 4.79 Å². The van der Waals surface area contributed by atoms with Gasteiger partial charge in [0.2, 0.25) is 0 Å². The average Bonchev–Trinajstić information content (AvgIpc) is 2.87. The lowest BCUT2D eigenvalue weighted by molar-refractivity contribution is -0.117. The summed E-state index contributed by atoms with van der Waals surface area (Å²) in [6.45, 7) is 1.73. The summed E-state index contributed by atoms with van der Waals surface area (Å²) in [6.07, 6.45) is 0.975. The average molecular weight is 274 g/mol. The van der Waals surface area contributed by atoms with E-state index in [2.05, 4.69) is 29.6 Å². The SMILES string of the molecule is CC(=O)[C@@]1(Sc2ccccc2)C[C@@H]1c1cccs1. The van der Waals surface area contributed by atoms with Gasteiger partial charge in [0, 0.05) is 15.7 Å². The third-order valence-corrected chi connectivity index (χ3v) is 6.03. The van der Waals surface area contributed by atoms with Crippen molar-refractivity contribution in [3.05, 3.63) is 52.7 Å². The number of ketones is 1. The number of thiophene rings is 1. The molecular weight excluding hydrogens is 260 g/mol. The van der Waals surface area contributed by atoms with Crippen molar-refractivity contribution < 1.29 is 4.79 Å². The zero-order valence-electron chi connectivity index (χ0n) is 10.1. The van der Waals surface area contributed by atoms with Crippen molar-refractivity contribution in [1.29, 1.82) is 0 Å². The fraction of sp³-hybridized carbons (Fsp3) is 0.267. The van der Waals surface area contributed by atoms with Gasteiger partial charge in [0.05, 0.1) is 4.75 Å². The van der Waals surface area contributed by atoms with E-state index in [-0.39, 0.29) is 4.75 Å². The molecule has 2 aromatic rings. The Kier molecular flexibility index (Phi) is 3.04. The van der Waals surface area contributed by atoms with Crippen LogP contribution in [0.4, 0.5) is 0 Å². The van der Waals surface area contributed by atoms with Crippen LogP contribution >= 0.6 is 23.1 Å². The Hall–Kier alpha value is -1.06. The lowest BCUT2D eigenvalue weighted by Gasteiger charge is -2.13. The number of carbonyl (C=O) groups excluding carboxylic acids is 1. The van der Waals surface area contributed by atoms with Crippen molar-refractivity contribution in [1.82, 2.24) is 0 Å². The number of rotatable bonds is 4. The van der Waals surface area contributed by atoms with Gasteiger partial charge < -0.3 is 0 Å². The van der Waals surface area contributed by atoms with E-state index >= 15 is 0 Å². The van der Waals surface area contributed by atoms with Crippen molar-refractivity contribution in [3.63, 3.8) is 0 Å². The van der Waals surface area contributed by atoms with E-state index in [1.54, 1.807) is 30.0 Å². The maximum Gasteiger partial charge on any atom is 0.146 e. The Labute approximate surface area is 115 Å². The van der Waals surface area contributed by atoms with Crippen LogP contribution in [0.1, 0.15) is 24.1 Å². The van der Waals surface area contributed by atoms with E-state index in [0.29, 0.717) is 11.7 Å². The molecule has 2 atom stereocenters. The van der Waals surface area contributed by atoms with Gasteiger partial charge in [0.1, 0.15) is 5.78 Å². The van der Waals surface area contributed by atoms with E-state index < -0.39 is 0 Å². The maximum absolute atomic E-state index is 12.0. The molecule has 0 aliphatic heterocycles. The summed E-state index contributed by atoms with van der Waals surface area (Å²) in [5.41, 5.74) is 0. The first-order valence-electron chi connectivity index (χ1n) is 6.01. The van der Waals surface area contributed by atoms with Gasteiger partial charge in [-0.15, -0.1) is 23.1 Å². The Balaban J connectivity index is 1.85. The molecule has 1 aliphatic rings. The number of hydrogen-bond acceptors (Lipinski definition) is 3. The first-order valence-corrected chi connectivity index (χ1v) is 7.70. The molecule has 92 valence electrons. The Morgan fingerprint density at radius 3 is 2.67 bits per heavy atom. The van der Waals surface area contributed by atoms with Crippen LogP contribution in [0.5, 0.6) is 0 Å². The second kappa shape index (κ2) is 4.56. The minimum atomic E-state index is -0.216. The molecule has 0 spiro atoms. The van der Waals surface area contributed by atoms with Gasteiger partial charge in [-0.25, -0.2) is 0 Å². The molecule has 1 aromatic heterocycles. The molecule has 0 radical (unpaired) electrons. The van der Waals surface area contributed by atoms with Crippen LogP contribution < -0.4 is 0 Å². The first-order chi connectivity index (χ1) is 8.72. The summed E-state index contributed by atoms with van der Waals surface area (Å²) in [5.74, 6) is 0.704. The van der Waals surface area contributed by atoms with Crippen molar-refractivity contribution >= 4 is 28.9 Å². The second-order valence-electron chi connectivity index (χ2n) is 4.63. The van der Waals surface area contributed by atoms with Crippen molar-refractivity contribution in [2.75, 3.05) is 0 Å². The highest BCUT2D eigenvalue weighted by Crippen LogP contribution is 2.63. The van der Waals surface area contributed by atoms with Gasteiger partial charge in [-0.05, 0) is 36.9 Å². The largest absolute Gasteiger partial charge is 0.298 e. The minimum Gasteiger partial charge on any atom is -0.298 e. The summed E-state index contributed by atoms with van der Waals surface area (Å²) in [6, 6.07) is 14.4.